The number of carbonyl (C=O) groups is 3. The summed E-state index contributed by atoms with van der Waals surface area (Å²) in [6, 6.07) is 18.8. The summed E-state index contributed by atoms with van der Waals surface area (Å²) in [6.07, 6.45) is 4.13. The molecule has 8 rings (SSSR count). The largest absolute Gasteiger partial charge is 0.372 e. The molecule has 3 fully saturated rings. The maximum atomic E-state index is 15.5. The second kappa shape index (κ2) is 17.6. The number of benzene rings is 2. The molecule has 0 spiro atoms. The van der Waals surface area contributed by atoms with E-state index in [0.29, 0.717) is 60.9 Å². The molecule has 2 aromatic carbocycles. The number of nitrogens with zero attached hydrogens (tertiary/aromatic N) is 9. The number of urea groups is 1. The van der Waals surface area contributed by atoms with Crippen molar-refractivity contribution in [2.75, 3.05) is 72.4 Å². The molecule has 6 heterocycles. The van der Waals surface area contributed by atoms with E-state index in [-0.39, 0.29) is 29.8 Å². The predicted molar refractivity (Wildman–Crippen MR) is 229 cm³/mol. The van der Waals surface area contributed by atoms with Crippen molar-refractivity contribution in [3.05, 3.63) is 95.7 Å². The number of aromatic nitrogens is 5. The summed E-state index contributed by atoms with van der Waals surface area (Å²) >= 11 is 0. The first-order valence-electron chi connectivity index (χ1n) is 20.8. The third-order valence-electron chi connectivity index (χ3n) is 11.5. The molecule has 318 valence electrons. The van der Waals surface area contributed by atoms with Gasteiger partial charge >= 0.3 is 17.8 Å². The van der Waals surface area contributed by atoms with Gasteiger partial charge in [0.25, 0.3) is 0 Å². The molecule has 61 heavy (non-hydrogen) atoms. The number of hydrogen-bond acceptors (Lipinski definition) is 13. The van der Waals surface area contributed by atoms with Crippen molar-refractivity contribution >= 4 is 46.7 Å². The minimum atomic E-state index is -0.545. The maximum Gasteiger partial charge on any atom is 0.328 e. The van der Waals surface area contributed by atoms with Crippen LogP contribution in [-0.4, -0.2) is 100 Å². The number of rotatable bonds is 11. The van der Waals surface area contributed by atoms with Gasteiger partial charge in [-0.2, -0.15) is 9.37 Å². The molecule has 3 aliphatic heterocycles. The Bertz CT molecular complexity index is 2380. The molecule has 0 bridgehead atoms. The Morgan fingerprint density at radius 1 is 0.885 bits per heavy atom. The molecule has 3 saturated heterocycles. The van der Waals surface area contributed by atoms with E-state index in [9.17, 15) is 14.4 Å². The fourth-order valence-electron chi connectivity index (χ4n) is 7.92. The van der Waals surface area contributed by atoms with Gasteiger partial charge in [0.2, 0.25) is 17.8 Å². The molecular formula is C44H51FN12O4. The molecule has 3 aromatic heterocycles. The van der Waals surface area contributed by atoms with Crippen LogP contribution in [0.5, 0.6) is 0 Å². The zero-order valence-electron chi connectivity index (χ0n) is 34.9. The van der Waals surface area contributed by atoms with Crippen LogP contribution in [0, 0.1) is 18.8 Å². The Hall–Kier alpha value is -6.49. The van der Waals surface area contributed by atoms with Gasteiger partial charge in [0.05, 0.1) is 11.4 Å². The molecular weight excluding hydrogens is 780 g/mol. The van der Waals surface area contributed by atoms with E-state index in [1.165, 1.54) is 0 Å². The number of imide groups is 1. The number of pyridine rings is 1. The number of carbonyl (C=O) groups excluding carboxylic acids is 3. The third kappa shape index (κ3) is 9.78. The van der Waals surface area contributed by atoms with Gasteiger partial charge in [-0.1, -0.05) is 38.1 Å². The van der Waals surface area contributed by atoms with Crippen LogP contribution in [0.1, 0.15) is 67.7 Å². The number of halogens is 1. The molecule has 0 atom stereocenters. The van der Waals surface area contributed by atoms with Crippen LogP contribution in [-0.2, 0) is 16.8 Å². The Morgan fingerprint density at radius 3 is 2.33 bits per heavy atom. The first-order chi connectivity index (χ1) is 29.4. The summed E-state index contributed by atoms with van der Waals surface area (Å²) in [5.74, 6) is 0.375. The van der Waals surface area contributed by atoms with Crippen molar-refractivity contribution in [1.29, 1.82) is 0 Å². The van der Waals surface area contributed by atoms with Gasteiger partial charge in [-0.05, 0) is 85.3 Å². The molecule has 4 amide bonds. The second-order valence-corrected chi connectivity index (χ2v) is 16.9. The highest BCUT2D eigenvalue weighted by atomic mass is 19.1. The highest BCUT2D eigenvalue weighted by Crippen LogP contribution is 2.29. The standard InChI is InChI=1S/C44H51FN12O4/c1-28-25-30(5-6-31(28)26-47-39(59)40-52-41(53-61-40)44(2,3)4)34-13-17-46-42(48-34)50-36-12-11-35(38(45)49-36)56-23-21-54(22-24-56)27-29-14-18-55(19-15-29)32-7-9-33(10-8-32)57-20-16-37(58)51-43(57)60/h5-13,17,25,29H,14-16,18-24,26-27H2,1-4H3,(H,47,59)(H,51,58,60)(H,46,48,49,50). The summed E-state index contributed by atoms with van der Waals surface area (Å²) in [5.41, 5.74) is 5.49. The lowest BCUT2D eigenvalue weighted by molar-refractivity contribution is -0.120. The minimum Gasteiger partial charge on any atom is -0.372 e. The minimum absolute atomic E-state index is 0.0715. The summed E-state index contributed by atoms with van der Waals surface area (Å²) in [5, 5.41) is 12.2. The van der Waals surface area contributed by atoms with Crippen molar-refractivity contribution in [1.82, 2.24) is 40.6 Å². The molecule has 16 nitrogen and oxygen atoms in total. The number of anilines is 5. The summed E-state index contributed by atoms with van der Waals surface area (Å²) in [6.45, 7) is 14.6. The smallest absolute Gasteiger partial charge is 0.328 e. The lowest BCUT2D eigenvalue weighted by Gasteiger charge is -2.40. The zero-order valence-corrected chi connectivity index (χ0v) is 34.9. The Balaban J connectivity index is 0.789. The van der Waals surface area contributed by atoms with Gasteiger partial charge in [-0.25, -0.2) is 19.7 Å². The molecule has 3 N–H and O–H groups in total. The van der Waals surface area contributed by atoms with Gasteiger partial charge < -0.3 is 25.0 Å². The molecule has 5 aromatic rings. The Kier molecular flexibility index (Phi) is 11.9. The zero-order chi connectivity index (χ0) is 42.7. The van der Waals surface area contributed by atoms with Crippen molar-refractivity contribution < 1.29 is 23.3 Å². The second-order valence-electron chi connectivity index (χ2n) is 16.9. The SMILES string of the molecule is Cc1cc(-c2ccnc(Nc3ccc(N4CCN(CC5CCN(c6ccc(N7CCC(=O)NC7=O)cc6)CC5)CC4)c(F)n3)n2)ccc1CNC(=O)c1nc(C(C)(C)C)no1. The highest BCUT2D eigenvalue weighted by Gasteiger charge is 2.28. The van der Waals surface area contributed by atoms with Crippen molar-refractivity contribution in [3.8, 4) is 11.3 Å². The van der Waals surface area contributed by atoms with E-state index in [1.807, 2.05) is 58.0 Å². The Morgan fingerprint density at radius 2 is 1.64 bits per heavy atom. The van der Waals surface area contributed by atoms with E-state index in [2.05, 4.69) is 67.9 Å². The number of piperazine rings is 1. The molecule has 17 heteroatoms. The van der Waals surface area contributed by atoms with Crippen LogP contribution < -0.4 is 30.7 Å². The molecule has 0 unspecified atom stereocenters. The van der Waals surface area contributed by atoms with Gasteiger partial charge in [-0.3, -0.25) is 24.7 Å². The van der Waals surface area contributed by atoms with Crippen LogP contribution in [0.2, 0.25) is 0 Å². The fraction of sp³-hybridized carbons (Fsp3) is 0.409. The van der Waals surface area contributed by atoms with Gasteiger partial charge in [0.15, 0.2) is 5.82 Å². The van der Waals surface area contributed by atoms with E-state index in [0.717, 1.165) is 73.6 Å². The first kappa shape index (κ1) is 41.3. The van der Waals surface area contributed by atoms with E-state index >= 15 is 4.39 Å². The van der Waals surface area contributed by atoms with Crippen LogP contribution in [0.3, 0.4) is 0 Å². The molecule has 3 aliphatic rings. The van der Waals surface area contributed by atoms with Gasteiger partial charge in [-0.15, -0.1) is 0 Å². The summed E-state index contributed by atoms with van der Waals surface area (Å²) in [4.78, 5) is 62.4. The number of piperidine rings is 1. The summed E-state index contributed by atoms with van der Waals surface area (Å²) < 4.78 is 20.7. The van der Waals surface area contributed by atoms with Gasteiger partial charge in [0.1, 0.15) is 5.82 Å². The molecule has 0 saturated carbocycles. The van der Waals surface area contributed by atoms with E-state index in [1.54, 1.807) is 29.3 Å². The summed E-state index contributed by atoms with van der Waals surface area (Å²) in [7, 11) is 0. The fourth-order valence-corrected chi connectivity index (χ4v) is 7.92. The monoisotopic (exact) mass is 830 g/mol. The average molecular weight is 831 g/mol. The molecule has 0 radical (unpaired) electrons. The first-order valence-corrected chi connectivity index (χ1v) is 20.8. The number of hydrogen-bond donors (Lipinski definition) is 3. The number of aryl methyl sites for hydroxylation is 1. The Labute approximate surface area is 353 Å². The number of nitrogens with one attached hydrogen (secondary N) is 3. The van der Waals surface area contributed by atoms with Crippen LogP contribution >= 0.6 is 0 Å². The lowest BCUT2D eigenvalue weighted by Crippen LogP contribution is -2.49. The van der Waals surface area contributed by atoms with Gasteiger partial charge in [0, 0.05) is 93.9 Å². The quantitative estimate of drug-likeness (QED) is 0.136. The highest BCUT2D eigenvalue weighted by molar-refractivity contribution is 6.05. The molecule has 0 aliphatic carbocycles. The van der Waals surface area contributed by atoms with Crippen molar-refractivity contribution in [3.63, 3.8) is 0 Å². The lowest BCUT2D eigenvalue weighted by atomic mass is 9.95. The third-order valence-corrected chi connectivity index (χ3v) is 11.5. The van der Waals surface area contributed by atoms with Crippen LogP contribution in [0.4, 0.5) is 38.0 Å². The average Bonchev–Trinajstić information content (AvgIpc) is 3.76. The van der Waals surface area contributed by atoms with E-state index < -0.39 is 11.9 Å². The van der Waals surface area contributed by atoms with Crippen LogP contribution in [0.15, 0.2) is 71.4 Å². The van der Waals surface area contributed by atoms with E-state index in [4.69, 9.17) is 4.52 Å². The maximum absolute atomic E-state index is 15.5. The van der Waals surface area contributed by atoms with Crippen LogP contribution in [0.25, 0.3) is 11.3 Å². The number of amides is 4. The van der Waals surface area contributed by atoms with Crippen molar-refractivity contribution in [2.24, 2.45) is 5.92 Å². The normalized spacial score (nSPS) is 16.8. The topological polar surface area (TPSA) is 178 Å². The van der Waals surface area contributed by atoms with Crippen molar-refractivity contribution in [2.45, 2.75) is 58.9 Å². The predicted octanol–water partition coefficient (Wildman–Crippen LogP) is 5.83.